The molecule has 1 aliphatic rings. The molecule has 0 aliphatic heterocycles. The number of carbonyl (C=O) groups excluding carboxylic acids is 1. The fourth-order valence-electron chi connectivity index (χ4n) is 2.12. The molecule has 8 heteroatoms. The minimum atomic E-state index is -3.38. The Balaban J connectivity index is 1.79. The molecule has 0 atom stereocenters. The molecule has 0 unspecified atom stereocenters. The van der Waals surface area contributed by atoms with Gasteiger partial charge in [-0.25, -0.2) is 13.4 Å². The molecule has 25 heavy (non-hydrogen) atoms. The first-order valence-corrected chi connectivity index (χ1v) is 9.66. The smallest absolute Gasteiger partial charge is 0.257 e. The van der Waals surface area contributed by atoms with Gasteiger partial charge >= 0.3 is 0 Å². The van der Waals surface area contributed by atoms with Crippen LogP contribution in [-0.2, 0) is 10.0 Å². The molecule has 1 amide bonds. The number of sulfonamides is 1. The summed E-state index contributed by atoms with van der Waals surface area (Å²) in [7, 11) is -3.38. The predicted molar refractivity (Wildman–Crippen MR) is 94.3 cm³/mol. The number of benzene rings is 1. The van der Waals surface area contributed by atoms with E-state index in [2.05, 4.69) is 15.0 Å². The van der Waals surface area contributed by atoms with Crippen molar-refractivity contribution in [3.05, 3.63) is 48.2 Å². The van der Waals surface area contributed by atoms with Crippen LogP contribution in [0.1, 0.15) is 30.1 Å². The Labute approximate surface area is 146 Å². The zero-order valence-corrected chi connectivity index (χ0v) is 14.5. The Hall–Kier alpha value is -2.61. The summed E-state index contributed by atoms with van der Waals surface area (Å²) >= 11 is 0. The van der Waals surface area contributed by atoms with Gasteiger partial charge in [0.15, 0.2) is 0 Å². The van der Waals surface area contributed by atoms with Crippen LogP contribution in [-0.4, -0.2) is 31.1 Å². The average molecular weight is 361 g/mol. The molecule has 1 saturated carbocycles. The zero-order valence-electron chi connectivity index (χ0n) is 13.7. The number of rotatable bonds is 7. The van der Waals surface area contributed by atoms with Crippen LogP contribution < -0.4 is 14.8 Å². The topological polar surface area (TPSA) is 97.4 Å². The molecule has 2 aromatic rings. The van der Waals surface area contributed by atoms with Crippen molar-refractivity contribution in [2.45, 2.75) is 25.8 Å². The highest BCUT2D eigenvalue weighted by molar-refractivity contribution is 7.92. The van der Waals surface area contributed by atoms with Gasteiger partial charge in [-0.3, -0.25) is 9.52 Å². The molecule has 0 spiro atoms. The molecule has 1 fully saturated rings. The van der Waals surface area contributed by atoms with Crippen LogP contribution >= 0.6 is 0 Å². The third-order valence-corrected chi connectivity index (χ3v) is 4.94. The maximum atomic E-state index is 12.3. The second kappa shape index (κ2) is 7.10. The molecular formula is C17H19N3O4S. The fourth-order valence-corrected chi connectivity index (χ4v) is 2.75. The van der Waals surface area contributed by atoms with Gasteiger partial charge in [-0.2, -0.15) is 0 Å². The number of nitrogens with one attached hydrogen (secondary N) is 2. The quantitative estimate of drug-likeness (QED) is 0.790. The van der Waals surface area contributed by atoms with Crippen molar-refractivity contribution >= 4 is 21.6 Å². The normalized spacial score (nSPS) is 14.0. The van der Waals surface area contributed by atoms with Crippen LogP contribution in [0.15, 0.2) is 42.6 Å². The number of amides is 1. The van der Waals surface area contributed by atoms with Crippen molar-refractivity contribution < 1.29 is 17.9 Å². The molecule has 0 radical (unpaired) electrons. The minimum absolute atomic E-state index is 0.0240. The van der Waals surface area contributed by atoms with Gasteiger partial charge in [-0.15, -0.1) is 0 Å². The van der Waals surface area contributed by atoms with Gasteiger partial charge < -0.3 is 10.1 Å². The Kier molecular flexibility index (Phi) is 4.89. The second-order valence-electron chi connectivity index (χ2n) is 5.74. The number of ether oxygens (including phenoxy) is 1. The van der Waals surface area contributed by atoms with E-state index in [0.29, 0.717) is 17.0 Å². The van der Waals surface area contributed by atoms with Crippen LogP contribution in [0.5, 0.6) is 11.6 Å². The van der Waals surface area contributed by atoms with E-state index in [1.807, 2.05) is 0 Å². The number of nitrogens with zero attached hydrogens (tertiary/aromatic N) is 1. The molecule has 1 aliphatic carbocycles. The maximum absolute atomic E-state index is 12.3. The summed E-state index contributed by atoms with van der Waals surface area (Å²) in [6.07, 6.45) is 3.51. The van der Waals surface area contributed by atoms with Crippen LogP contribution in [0.4, 0.5) is 5.69 Å². The minimum Gasteiger partial charge on any atom is -0.438 e. The number of carbonyl (C=O) groups is 1. The lowest BCUT2D eigenvalue weighted by molar-refractivity contribution is 0.0948. The first kappa shape index (κ1) is 17.2. The van der Waals surface area contributed by atoms with Gasteiger partial charge in [0.25, 0.3) is 5.91 Å². The van der Waals surface area contributed by atoms with Crippen molar-refractivity contribution in [1.82, 2.24) is 10.3 Å². The van der Waals surface area contributed by atoms with Gasteiger partial charge in [0.1, 0.15) is 11.3 Å². The van der Waals surface area contributed by atoms with E-state index < -0.39 is 10.0 Å². The zero-order chi connectivity index (χ0) is 17.9. The van der Waals surface area contributed by atoms with E-state index in [0.717, 1.165) is 12.8 Å². The standard InChI is InChI=1S/C17H19N3O4S/c1-2-25(22,23)20-13-5-3-6-14(11-13)24-17-15(7-4-10-18-17)16(21)19-12-8-9-12/h3-7,10-12,20H,2,8-9H2,1H3,(H,19,21). The Morgan fingerprint density at radius 3 is 2.80 bits per heavy atom. The number of hydrogen-bond acceptors (Lipinski definition) is 5. The Morgan fingerprint density at radius 2 is 2.08 bits per heavy atom. The SMILES string of the molecule is CCS(=O)(=O)Nc1cccc(Oc2ncccc2C(=O)NC2CC2)c1. The fraction of sp³-hybridized carbons (Fsp3) is 0.294. The monoisotopic (exact) mass is 361 g/mol. The highest BCUT2D eigenvalue weighted by Gasteiger charge is 2.25. The lowest BCUT2D eigenvalue weighted by Gasteiger charge is -2.11. The van der Waals surface area contributed by atoms with Crippen molar-refractivity contribution in [2.75, 3.05) is 10.5 Å². The number of anilines is 1. The first-order chi connectivity index (χ1) is 12.0. The maximum Gasteiger partial charge on any atom is 0.257 e. The van der Waals surface area contributed by atoms with Crippen molar-refractivity contribution in [1.29, 1.82) is 0 Å². The number of hydrogen-bond donors (Lipinski definition) is 2. The van der Waals surface area contributed by atoms with E-state index in [9.17, 15) is 13.2 Å². The summed E-state index contributed by atoms with van der Waals surface area (Å²) in [5.74, 6) is 0.309. The average Bonchev–Trinajstić information content (AvgIpc) is 3.39. The summed E-state index contributed by atoms with van der Waals surface area (Å²) in [6, 6.07) is 10.0. The van der Waals surface area contributed by atoms with Crippen molar-refractivity contribution in [2.24, 2.45) is 0 Å². The van der Waals surface area contributed by atoms with E-state index >= 15 is 0 Å². The Morgan fingerprint density at radius 1 is 1.28 bits per heavy atom. The van der Waals surface area contributed by atoms with Gasteiger partial charge in [-0.05, 0) is 44.0 Å². The highest BCUT2D eigenvalue weighted by Crippen LogP contribution is 2.27. The molecule has 1 heterocycles. The molecule has 0 bridgehead atoms. The van der Waals surface area contributed by atoms with Crippen molar-refractivity contribution in [3.8, 4) is 11.6 Å². The Bertz CT molecular complexity index is 879. The third kappa shape index (κ3) is 4.69. The molecule has 7 nitrogen and oxygen atoms in total. The summed E-state index contributed by atoms with van der Waals surface area (Å²) < 4.78 is 31.5. The van der Waals surface area contributed by atoms with Gasteiger partial charge in [0.05, 0.1) is 11.4 Å². The summed E-state index contributed by atoms with van der Waals surface area (Å²) in [5.41, 5.74) is 0.730. The predicted octanol–water partition coefficient (Wildman–Crippen LogP) is 2.53. The molecule has 2 N–H and O–H groups in total. The molecule has 1 aromatic heterocycles. The molecule has 132 valence electrons. The van der Waals surface area contributed by atoms with Crippen molar-refractivity contribution in [3.63, 3.8) is 0 Å². The van der Waals surface area contributed by atoms with E-state index in [-0.39, 0.29) is 23.6 Å². The van der Waals surface area contributed by atoms with Crippen LogP contribution in [0.25, 0.3) is 0 Å². The van der Waals surface area contributed by atoms with Crippen LogP contribution in [0, 0.1) is 0 Å². The van der Waals surface area contributed by atoms with Gasteiger partial charge in [0, 0.05) is 18.3 Å². The molecule has 3 rings (SSSR count). The van der Waals surface area contributed by atoms with Gasteiger partial charge in [-0.1, -0.05) is 6.07 Å². The van der Waals surface area contributed by atoms with E-state index in [1.54, 1.807) is 43.3 Å². The summed E-state index contributed by atoms with van der Waals surface area (Å²) in [6.45, 7) is 1.56. The molecule has 0 saturated heterocycles. The van der Waals surface area contributed by atoms with E-state index in [4.69, 9.17) is 4.74 Å². The van der Waals surface area contributed by atoms with E-state index in [1.165, 1.54) is 6.20 Å². The number of pyridine rings is 1. The largest absolute Gasteiger partial charge is 0.438 e. The molecular weight excluding hydrogens is 342 g/mol. The number of aromatic nitrogens is 1. The lowest BCUT2D eigenvalue weighted by Crippen LogP contribution is -2.25. The van der Waals surface area contributed by atoms with Crippen LogP contribution in [0.2, 0.25) is 0 Å². The summed E-state index contributed by atoms with van der Waals surface area (Å²) in [4.78, 5) is 16.4. The molecule has 1 aromatic carbocycles. The highest BCUT2D eigenvalue weighted by atomic mass is 32.2. The van der Waals surface area contributed by atoms with Crippen LogP contribution in [0.3, 0.4) is 0 Å². The second-order valence-corrected chi connectivity index (χ2v) is 7.75. The first-order valence-electron chi connectivity index (χ1n) is 8.01. The van der Waals surface area contributed by atoms with Gasteiger partial charge in [0.2, 0.25) is 15.9 Å². The third-order valence-electron chi connectivity index (χ3n) is 3.63. The summed E-state index contributed by atoms with van der Waals surface area (Å²) in [5, 5.41) is 2.90. The lowest BCUT2D eigenvalue weighted by atomic mass is 10.2.